The van der Waals surface area contributed by atoms with Crippen LogP contribution in [0.1, 0.15) is 49.2 Å². The molecule has 0 fully saturated rings. The number of rotatable bonds is 5. The Morgan fingerprint density at radius 2 is 1.85 bits per heavy atom. The Balaban J connectivity index is 1.69. The molecule has 2 N–H and O–H groups in total. The summed E-state index contributed by atoms with van der Waals surface area (Å²) in [7, 11) is 0. The van der Waals surface area contributed by atoms with Crippen molar-refractivity contribution in [2.24, 2.45) is 0 Å². The fraction of sp³-hybridized carbons (Fsp3) is 0.308. The van der Waals surface area contributed by atoms with E-state index in [0.29, 0.717) is 16.3 Å². The van der Waals surface area contributed by atoms with Gasteiger partial charge in [0.25, 0.3) is 0 Å². The van der Waals surface area contributed by atoms with Crippen molar-refractivity contribution in [1.82, 2.24) is 10.3 Å². The van der Waals surface area contributed by atoms with E-state index in [9.17, 15) is 14.4 Å². The van der Waals surface area contributed by atoms with E-state index in [1.807, 2.05) is 50.4 Å². The first-order valence-corrected chi connectivity index (χ1v) is 12.1. The Morgan fingerprint density at radius 3 is 2.53 bits per heavy atom. The van der Waals surface area contributed by atoms with Crippen LogP contribution in [0.25, 0.3) is 0 Å². The minimum atomic E-state index is -1.03. The van der Waals surface area contributed by atoms with Gasteiger partial charge in [0.15, 0.2) is 6.04 Å². The molecule has 7 nitrogen and oxygen atoms in total. The van der Waals surface area contributed by atoms with E-state index >= 15 is 0 Å². The predicted molar refractivity (Wildman–Crippen MR) is 134 cm³/mol. The monoisotopic (exact) mass is 476 g/mol. The summed E-state index contributed by atoms with van der Waals surface area (Å²) in [6.45, 7) is 5.60. The fourth-order valence-electron chi connectivity index (χ4n) is 4.08. The highest BCUT2D eigenvalue weighted by Gasteiger charge is 2.38. The number of nitrogens with one attached hydrogen (secondary N) is 2. The smallest absolute Gasteiger partial charge is 0.317 e. The van der Waals surface area contributed by atoms with Gasteiger partial charge in [0.1, 0.15) is 0 Å². The van der Waals surface area contributed by atoms with Crippen molar-refractivity contribution >= 4 is 40.4 Å². The second-order valence-corrected chi connectivity index (χ2v) is 10.3. The van der Waals surface area contributed by atoms with Crippen LogP contribution in [0.15, 0.2) is 60.2 Å². The molecule has 0 aliphatic heterocycles. The van der Waals surface area contributed by atoms with Crippen LogP contribution in [0, 0.1) is 0 Å². The van der Waals surface area contributed by atoms with Gasteiger partial charge in [0.2, 0.25) is 5.91 Å². The molecule has 176 valence electrons. The lowest BCUT2D eigenvalue weighted by Gasteiger charge is -2.32. The zero-order chi connectivity index (χ0) is 24.3. The van der Waals surface area contributed by atoms with Crippen molar-refractivity contribution in [1.29, 1.82) is 0 Å². The number of aryl methyl sites for hydroxylation is 2. The molecule has 0 unspecified atom stereocenters. The van der Waals surface area contributed by atoms with Crippen molar-refractivity contribution in [3.63, 3.8) is 0 Å². The van der Waals surface area contributed by atoms with Crippen LogP contribution in [-0.4, -0.2) is 28.2 Å². The van der Waals surface area contributed by atoms with Gasteiger partial charge in [-0.3, -0.25) is 24.3 Å². The Bertz CT molecular complexity index is 1190. The maximum absolute atomic E-state index is 13.6. The second-order valence-electron chi connectivity index (χ2n) is 9.33. The highest BCUT2D eigenvalue weighted by molar-refractivity contribution is 7.10. The molecule has 1 aliphatic rings. The van der Waals surface area contributed by atoms with Crippen LogP contribution in [0.2, 0.25) is 0 Å². The average molecular weight is 477 g/mol. The standard InChI is InChI=1S/C26H28N4O3S/c1-26(2,3)29-23(31)22(21-10-6-14-34-21)30(20-9-5-13-27-16-20)25(33)24(32)28-19-12-11-17-7-4-8-18(17)15-19/h5-6,9-16,22H,4,7-8H2,1-3H3,(H,28,32)(H,29,31)/t22-/m0/s1. The number of thiophene rings is 1. The van der Waals surface area contributed by atoms with Gasteiger partial charge < -0.3 is 10.6 Å². The molecular weight excluding hydrogens is 448 g/mol. The van der Waals surface area contributed by atoms with E-state index in [1.54, 1.807) is 24.4 Å². The van der Waals surface area contributed by atoms with Gasteiger partial charge in [-0.1, -0.05) is 12.1 Å². The summed E-state index contributed by atoms with van der Waals surface area (Å²) >= 11 is 1.35. The largest absolute Gasteiger partial charge is 0.349 e. The van der Waals surface area contributed by atoms with E-state index < -0.39 is 23.4 Å². The van der Waals surface area contributed by atoms with Crippen molar-refractivity contribution < 1.29 is 14.4 Å². The molecule has 3 aromatic rings. The number of carbonyl (C=O) groups is 3. The Kier molecular flexibility index (Phi) is 6.79. The number of carbonyl (C=O) groups excluding carboxylic acids is 3. The molecule has 3 amide bonds. The highest BCUT2D eigenvalue weighted by atomic mass is 32.1. The predicted octanol–water partition coefficient (Wildman–Crippen LogP) is 4.26. The lowest BCUT2D eigenvalue weighted by atomic mass is 10.1. The van der Waals surface area contributed by atoms with E-state index in [2.05, 4.69) is 15.6 Å². The molecule has 0 saturated heterocycles. The summed E-state index contributed by atoms with van der Waals surface area (Å²) in [6, 6.07) is 11.6. The summed E-state index contributed by atoms with van der Waals surface area (Å²) < 4.78 is 0. The van der Waals surface area contributed by atoms with Crippen LogP contribution in [-0.2, 0) is 27.2 Å². The summed E-state index contributed by atoms with van der Waals surface area (Å²) in [4.78, 5) is 46.2. The topological polar surface area (TPSA) is 91.4 Å². The fourth-order valence-corrected chi connectivity index (χ4v) is 4.89. The van der Waals surface area contributed by atoms with Gasteiger partial charge in [-0.25, -0.2) is 0 Å². The molecular formula is C26H28N4O3S. The number of nitrogens with zero attached hydrogens (tertiary/aromatic N) is 2. The minimum absolute atomic E-state index is 0.360. The zero-order valence-electron chi connectivity index (χ0n) is 19.5. The van der Waals surface area contributed by atoms with E-state index in [1.165, 1.54) is 33.6 Å². The summed E-state index contributed by atoms with van der Waals surface area (Å²) in [5, 5.41) is 7.52. The van der Waals surface area contributed by atoms with Crippen molar-refractivity contribution in [3.8, 4) is 0 Å². The average Bonchev–Trinajstić information content (AvgIpc) is 3.48. The molecule has 2 aromatic heterocycles. The lowest BCUT2D eigenvalue weighted by Crippen LogP contribution is -2.51. The highest BCUT2D eigenvalue weighted by Crippen LogP contribution is 2.31. The Morgan fingerprint density at radius 1 is 1.06 bits per heavy atom. The SMILES string of the molecule is CC(C)(C)NC(=O)[C@H](c1cccs1)N(C(=O)C(=O)Nc1ccc2c(c1)CCC2)c1cccnc1. The van der Waals surface area contributed by atoms with Crippen LogP contribution in [0.4, 0.5) is 11.4 Å². The van der Waals surface area contributed by atoms with Crippen molar-refractivity contribution in [2.75, 3.05) is 10.2 Å². The first-order valence-electron chi connectivity index (χ1n) is 11.2. The van der Waals surface area contributed by atoms with Crippen LogP contribution >= 0.6 is 11.3 Å². The molecule has 34 heavy (non-hydrogen) atoms. The van der Waals surface area contributed by atoms with E-state index in [0.717, 1.165) is 19.3 Å². The molecule has 4 rings (SSSR count). The van der Waals surface area contributed by atoms with Gasteiger partial charge in [-0.15, -0.1) is 11.3 Å². The normalized spacial score (nSPS) is 13.6. The first kappa shape index (κ1) is 23.6. The number of anilines is 2. The lowest BCUT2D eigenvalue weighted by molar-refractivity contribution is -0.136. The number of amides is 3. The summed E-state index contributed by atoms with van der Waals surface area (Å²) in [5.41, 5.74) is 2.87. The van der Waals surface area contributed by atoms with Gasteiger partial charge >= 0.3 is 11.8 Å². The molecule has 1 atom stereocenters. The van der Waals surface area contributed by atoms with Crippen LogP contribution in [0.5, 0.6) is 0 Å². The molecule has 1 aliphatic carbocycles. The number of pyridine rings is 1. The minimum Gasteiger partial charge on any atom is -0.349 e. The van der Waals surface area contributed by atoms with Crippen LogP contribution in [0.3, 0.4) is 0 Å². The second kappa shape index (κ2) is 9.77. The van der Waals surface area contributed by atoms with Gasteiger partial charge in [0, 0.05) is 22.3 Å². The maximum atomic E-state index is 13.6. The van der Waals surface area contributed by atoms with E-state index in [-0.39, 0.29) is 5.91 Å². The first-order chi connectivity index (χ1) is 16.2. The van der Waals surface area contributed by atoms with Crippen molar-refractivity contribution in [2.45, 2.75) is 51.6 Å². The summed E-state index contributed by atoms with van der Waals surface area (Å²) in [5.74, 6) is -2.03. The summed E-state index contributed by atoms with van der Waals surface area (Å²) in [6.07, 6.45) is 6.13. The number of hydrogen-bond acceptors (Lipinski definition) is 5. The number of benzene rings is 1. The molecule has 0 bridgehead atoms. The van der Waals surface area contributed by atoms with Crippen LogP contribution < -0.4 is 15.5 Å². The quantitative estimate of drug-likeness (QED) is 0.539. The molecule has 8 heteroatoms. The molecule has 1 aromatic carbocycles. The van der Waals surface area contributed by atoms with Gasteiger partial charge in [0.05, 0.1) is 11.9 Å². The Labute approximate surface area is 203 Å². The van der Waals surface area contributed by atoms with Gasteiger partial charge in [-0.05, 0) is 86.9 Å². The molecule has 0 spiro atoms. The number of fused-ring (bicyclic) bond motifs is 1. The number of hydrogen-bond donors (Lipinski definition) is 2. The molecule has 0 saturated carbocycles. The third-order valence-corrected chi connectivity index (χ3v) is 6.44. The molecule has 2 heterocycles. The third kappa shape index (κ3) is 5.34. The van der Waals surface area contributed by atoms with Crippen molar-refractivity contribution in [3.05, 3.63) is 76.2 Å². The van der Waals surface area contributed by atoms with Gasteiger partial charge in [-0.2, -0.15) is 0 Å². The molecule has 0 radical (unpaired) electrons. The number of aromatic nitrogens is 1. The zero-order valence-corrected chi connectivity index (χ0v) is 20.3. The van der Waals surface area contributed by atoms with E-state index in [4.69, 9.17) is 0 Å². The maximum Gasteiger partial charge on any atom is 0.317 e. The Hall–Kier alpha value is -3.52. The third-order valence-electron chi connectivity index (χ3n) is 5.51.